The van der Waals surface area contributed by atoms with Gasteiger partial charge in [-0.2, -0.15) is 11.3 Å². The largest absolute Gasteiger partial charge is 0.382 e. The highest BCUT2D eigenvalue weighted by atomic mass is 32.1. The fourth-order valence-corrected chi connectivity index (χ4v) is 5.47. The molecular weight excluding hydrogens is 480 g/mol. The lowest BCUT2D eigenvalue weighted by Gasteiger charge is -2.33. The maximum absolute atomic E-state index is 5.85. The summed E-state index contributed by atoms with van der Waals surface area (Å²) in [6.07, 6.45) is 12.0. The number of aliphatic imine (C=N–C) groups is 2. The number of aryl methyl sites for hydroxylation is 1. The Balaban J connectivity index is 1.54. The molecule has 0 aliphatic carbocycles. The molecule has 2 unspecified atom stereocenters. The lowest BCUT2D eigenvalue weighted by Crippen LogP contribution is -2.50. The average Bonchev–Trinajstić information content (AvgIpc) is 3.54. The Morgan fingerprint density at radius 3 is 2.84 bits per heavy atom. The Kier molecular flexibility index (Phi) is 6.90. The van der Waals surface area contributed by atoms with Gasteiger partial charge in [0.2, 0.25) is 0 Å². The molecule has 5 N–H and O–H groups in total. The third-order valence-corrected chi connectivity index (χ3v) is 7.37. The molecule has 0 saturated carbocycles. The van der Waals surface area contributed by atoms with Crippen molar-refractivity contribution < 1.29 is 0 Å². The van der Waals surface area contributed by atoms with Crippen LogP contribution in [0.1, 0.15) is 44.4 Å². The van der Waals surface area contributed by atoms with E-state index in [0.29, 0.717) is 6.04 Å². The van der Waals surface area contributed by atoms with Crippen molar-refractivity contribution in [1.82, 2.24) is 20.7 Å². The molecule has 5 heterocycles. The summed E-state index contributed by atoms with van der Waals surface area (Å²) < 4.78 is 0. The molecule has 0 radical (unpaired) electrons. The second-order valence-corrected chi connectivity index (χ2v) is 10.4. The van der Waals surface area contributed by atoms with E-state index < -0.39 is 5.54 Å². The van der Waals surface area contributed by atoms with Crippen molar-refractivity contribution in [2.75, 3.05) is 5.32 Å². The van der Waals surface area contributed by atoms with Crippen LogP contribution in [0, 0.1) is 0 Å². The van der Waals surface area contributed by atoms with E-state index in [1.807, 2.05) is 31.0 Å². The number of anilines is 1. The molecule has 3 aromatic heterocycles. The molecule has 0 aromatic carbocycles. The zero-order valence-corrected chi connectivity index (χ0v) is 22.3. The van der Waals surface area contributed by atoms with E-state index in [0.717, 1.165) is 57.0 Å². The molecule has 0 spiro atoms. The summed E-state index contributed by atoms with van der Waals surface area (Å²) in [5, 5.41) is 11.4. The number of nitrogens with one attached hydrogen (secondary N) is 3. The minimum atomic E-state index is -0.422. The van der Waals surface area contributed by atoms with Crippen LogP contribution in [-0.4, -0.2) is 39.6 Å². The van der Waals surface area contributed by atoms with Crippen molar-refractivity contribution in [3.8, 4) is 11.3 Å². The minimum absolute atomic E-state index is 0.141. The fourth-order valence-electron chi connectivity index (χ4n) is 4.81. The Bertz CT molecular complexity index is 1400. The molecule has 0 bridgehead atoms. The van der Waals surface area contributed by atoms with Gasteiger partial charge in [0.25, 0.3) is 0 Å². The van der Waals surface area contributed by atoms with Crippen LogP contribution in [0.25, 0.3) is 22.4 Å². The zero-order valence-electron chi connectivity index (χ0n) is 21.5. The van der Waals surface area contributed by atoms with Gasteiger partial charge < -0.3 is 16.1 Å². The van der Waals surface area contributed by atoms with Crippen molar-refractivity contribution >= 4 is 40.2 Å². The van der Waals surface area contributed by atoms with E-state index in [4.69, 9.17) is 15.8 Å². The molecule has 3 aromatic rings. The molecule has 2 aliphatic heterocycles. The smallest absolute Gasteiger partial charge is 0.131 e. The van der Waals surface area contributed by atoms with Crippen LogP contribution in [0.2, 0.25) is 0 Å². The van der Waals surface area contributed by atoms with Gasteiger partial charge in [0.1, 0.15) is 11.9 Å². The topological polar surface area (TPSA) is 113 Å². The maximum Gasteiger partial charge on any atom is 0.131 e. The van der Waals surface area contributed by atoms with Crippen LogP contribution in [0.15, 0.2) is 69.9 Å². The SMILES string of the molecule is CCc1cnc(-c2cncc(NC(C)C)c2)cc1/C(=C\NN)C1=NC2C=NC=C(c3ccsc3)C2(C)N1. The van der Waals surface area contributed by atoms with E-state index in [9.17, 15) is 0 Å². The van der Waals surface area contributed by atoms with Gasteiger partial charge in [-0.05, 0) is 72.8 Å². The van der Waals surface area contributed by atoms with Crippen molar-refractivity contribution in [2.45, 2.75) is 51.7 Å². The monoisotopic (exact) mass is 512 g/mol. The van der Waals surface area contributed by atoms with Gasteiger partial charge in [0.05, 0.1) is 16.9 Å². The lowest BCUT2D eigenvalue weighted by atomic mass is 9.82. The van der Waals surface area contributed by atoms with E-state index in [-0.39, 0.29) is 6.04 Å². The molecule has 8 nitrogen and oxygen atoms in total. The third-order valence-electron chi connectivity index (χ3n) is 6.69. The molecule has 9 heteroatoms. The number of nitrogens with two attached hydrogens (primary N) is 1. The number of nitrogens with zero attached hydrogens (tertiary/aromatic N) is 4. The first-order valence-corrected chi connectivity index (χ1v) is 13.4. The first-order chi connectivity index (χ1) is 17.9. The normalized spacial score (nSPS) is 20.8. The average molecular weight is 513 g/mol. The van der Waals surface area contributed by atoms with Crippen molar-refractivity contribution in [3.05, 3.63) is 76.6 Å². The van der Waals surface area contributed by atoms with E-state index in [1.54, 1.807) is 17.5 Å². The van der Waals surface area contributed by atoms with E-state index >= 15 is 0 Å². The van der Waals surface area contributed by atoms with Crippen molar-refractivity contribution in [2.24, 2.45) is 15.8 Å². The number of aromatic nitrogens is 2. The summed E-state index contributed by atoms with van der Waals surface area (Å²) in [4.78, 5) is 18.8. The number of amidine groups is 1. The van der Waals surface area contributed by atoms with Crippen LogP contribution in [-0.2, 0) is 6.42 Å². The number of hydrogen-bond acceptors (Lipinski definition) is 9. The Hall–Kier alpha value is -3.82. The fraction of sp³-hybridized carbons (Fsp3) is 0.286. The highest BCUT2D eigenvalue weighted by Gasteiger charge is 2.45. The molecule has 0 fully saturated rings. The second-order valence-electron chi connectivity index (χ2n) is 9.67. The van der Waals surface area contributed by atoms with Crippen LogP contribution in [0.4, 0.5) is 5.69 Å². The molecule has 0 saturated heterocycles. The van der Waals surface area contributed by atoms with Gasteiger partial charge in [-0.3, -0.25) is 25.8 Å². The molecule has 0 amide bonds. The van der Waals surface area contributed by atoms with Gasteiger partial charge in [-0.15, -0.1) is 0 Å². The predicted octanol–water partition coefficient (Wildman–Crippen LogP) is 4.65. The molecule has 2 atom stereocenters. The Morgan fingerprint density at radius 2 is 2.11 bits per heavy atom. The van der Waals surface area contributed by atoms with Crippen molar-refractivity contribution in [1.29, 1.82) is 0 Å². The third kappa shape index (κ3) is 4.80. The lowest BCUT2D eigenvalue weighted by molar-refractivity contribution is 0.541. The van der Waals surface area contributed by atoms with Crippen molar-refractivity contribution in [3.63, 3.8) is 0 Å². The standard InChI is InChI=1S/C28H32N8S/c1-5-18-11-32-25(20-8-21(12-30-10-20)34-17(2)3)9-22(18)23(13-33-29)27-35-26-15-31-14-24(28(26,4)36-27)19-6-7-37-16-19/h6-17,26,33-34H,5,29H2,1-4H3,(H,35,36)/b23-13+. The van der Waals surface area contributed by atoms with Crippen LogP contribution in [0.5, 0.6) is 0 Å². The summed E-state index contributed by atoms with van der Waals surface area (Å²) in [5.41, 5.74) is 10.3. The predicted molar refractivity (Wildman–Crippen MR) is 154 cm³/mol. The number of pyridine rings is 2. The molecule has 5 rings (SSSR count). The summed E-state index contributed by atoms with van der Waals surface area (Å²) in [7, 11) is 0. The second kappa shape index (κ2) is 10.3. The van der Waals surface area contributed by atoms with Crippen LogP contribution < -0.4 is 21.9 Å². The van der Waals surface area contributed by atoms with E-state index in [1.165, 1.54) is 0 Å². The first kappa shape index (κ1) is 24.9. The van der Waals surface area contributed by atoms with Gasteiger partial charge in [-0.1, -0.05) is 6.92 Å². The number of thiophene rings is 1. The Morgan fingerprint density at radius 1 is 1.24 bits per heavy atom. The quantitative estimate of drug-likeness (QED) is 0.258. The van der Waals surface area contributed by atoms with Crippen LogP contribution in [0.3, 0.4) is 0 Å². The molecule has 190 valence electrons. The number of fused-ring (bicyclic) bond motifs is 1. The molecule has 37 heavy (non-hydrogen) atoms. The number of hydrogen-bond donors (Lipinski definition) is 4. The number of hydrazine groups is 1. The summed E-state index contributed by atoms with van der Waals surface area (Å²) >= 11 is 1.67. The highest BCUT2D eigenvalue weighted by Crippen LogP contribution is 2.39. The minimum Gasteiger partial charge on any atom is -0.382 e. The molecule has 2 aliphatic rings. The molecular formula is C28H32N8S. The number of rotatable bonds is 8. The highest BCUT2D eigenvalue weighted by molar-refractivity contribution is 7.08. The van der Waals surface area contributed by atoms with Gasteiger partial charge in [0, 0.05) is 60.0 Å². The maximum atomic E-state index is 5.85. The zero-order chi connectivity index (χ0) is 26.0. The first-order valence-electron chi connectivity index (χ1n) is 12.4. The van der Waals surface area contributed by atoms with Gasteiger partial charge in [0.15, 0.2) is 0 Å². The summed E-state index contributed by atoms with van der Waals surface area (Å²) in [6.45, 7) is 8.51. The van der Waals surface area contributed by atoms with Gasteiger partial charge in [-0.25, -0.2) is 0 Å². The van der Waals surface area contributed by atoms with Crippen LogP contribution >= 0.6 is 11.3 Å². The summed E-state index contributed by atoms with van der Waals surface area (Å²) in [6, 6.07) is 6.46. The summed E-state index contributed by atoms with van der Waals surface area (Å²) in [5.74, 6) is 6.61. The van der Waals surface area contributed by atoms with Gasteiger partial charge >= 0.3 is 0 Å². The van der Waals surface area contributed by atoms with E-state index in [2.05, 4.69) is 82.7 Å². The Labute approximate surface area is 221 Å².